The number of hydrogen-bond donors (Lipinski definition) is 0. The number of ketones is 1. The molecule has 0 unspecified atom stereocenters. The first kappa shape index (κ1) is 28.8. The Balaban J connectivity index is 5.21. The first-order valence-corrected chi connectivity index (χ1v) is 11.8. The van der Waals surface area contributed by atoms with Crippen LogP contribution in [-0.2, 0) is 9.59 Å². The summed E-state index contributed by atoms with van der Waals surface area (Å²) in [5.74, 6) is 0.411. The smallest absolute Gasteiger partial charge is 0.228 e. The summed E-state index contributed by atoms with van der Waals surface area (Å²) in [5, 5.41) is 0. The van der Waals surface area contributed by atoms with Crippen LogP contribution in [0.15, 0.2) is 0 Å². The summed E-state index contributed by atoms with van der Waals surface area (Å²) in [6.45, 7) is 22.7. The van der Waals surface area contributed by atoms with Gasteiger partial charge in [0, 0.05) is 57.2 Å². The molecule has 0 fully saturated rings. The van der Waals surface area contributed by atoms with E-state index >= 15 is 0 Å². The van der Waals surface area contributed by atoms with E-state index in [2.05, 4.69) is 60.7 Å². The molecule has 0 aromatic carbocycles. The van der Waals surface area contributed by atoms with Crippen LogP contribution in [0.4, 0.5) is 0 Å². The minimum absolute atomic E-state index is 0.0780. The molecule has 0 aromatic heterocycles. The van der Waals surface area contributed by atoms with E-state index in [4.69, 9.17) is 0 Å². The minimum Gasteiger partial charge on any atom is -0.340 e. The Kier molecular flexibility index (Phi) is 9.48. The van der Waals surface area contributed by atoms with Crippen LogP contribution in [0.5, 0.6) is 0 Å². The molecule has 0 saturated carbocycles. The Labute approximate surface area is 195 Å². The van der Waals surface area contributed by atoms with Crippen LogP contribution in [0, 0.1) is 16.2 Å². The maximum absolute atomic E-state index is 13.4. The van der Waals surface area contributed by atoms with Crippen molar-refractivity contribution in [1.29, 1.82) is 0 Å². The molecule has 4 nitrogen and oxygen atoms in total. The number of amides is 1. The van der Waals surface area contributed by atoms with Gasteiger partial charge >= 0.3 is 0 Å². The second-order valence-corrected chi connectivity index (χ2v) is 13.8. The predicted octanol–water partition coefficient (Wildman–Crippen LogP) is 6.51. The van der Waals surface area contributed by atoms with Crippen LogP contribution >= 0.6 is 22.9 Å². The maximum Gasteiger partial charge on any atom is 0.228 e. The van der Waals surface area contributed by atoms with Gasteiger partial charge in [0.05, 0.1) is 0 Å². The molecule has 0 aromatic rings. The molecule has 5 heteroatoms. The Morgan fingerprint density at radius 1 is 0.655 bits per heavy atom. The van der Waals surface area contributed by atoms with E-state index in [1.54, 1.807) is 0 Å². The van der Waals surface area contributed by atoms with Crippen molar-refractivity contribution in [3.05, 3.63) is 0 Å². The zero-order valence-corrected chi connectivity index (χ0v) is 23.6. The van der Waals surface area contributed by atoms with Gasteiger partial charge in [0.25, 0.3) is 0 Å². The molecule has 0 aliphatic heterocycles. The van der Waals surface area contributed by atoms with Gasteiger partial charge in [0.15, 0.2) is 0 Å². The Hall–Kier alpha value is -0.170. The van der Waals surface area contributed by atoms with Crippen molar-refractivity contribution in [3.8, 4) is 0 Å². The molecule has 0 spiro atoms. The molecule has 0 aliphatic rings. The number of nitrogens with zero attached hydrogens (tertiary/aromatic N) is 2. The molecular formula is C24H47IN2O2. The van der Waals surface area contributed by atoms with Crippen LogP contribution < -0.4 is 0 Å². The van der Waals surface area contributed by atoms with E-state index in [9.17, 15) is 9.59 Å². The topological polar surface area (TPSA) is 40.6 Å². The van der Waals surface area contributed by atoms with E-state index in [0.717, 1.165) is 12.8 Å². The van der Waals surface area contributed by atoms with E-state index in [-0.39, 0.29) is 28.2 Å². The van der Waals surface area contributed by atoms with E-state index in [1.165, 1.54) is 0 Å². The third kappa shape index (κ3) is 8.12. The molecule has 29 heavy (non-hydrogen) atoms. The lowest BCUT2D eigenvalue weighted by molar-refractivity contribution is -0.146. The van der Waals surface area contributed by atoms with Gasteiger partial charge in [0.2, 0.25) is 5.91 Å². The first-order chi connectivity index (χ1) is 12.6. The van der Waals surface area contributed by atoms with E-state index in [1.807, 2.05) is 60.4 Å². The number of rotatable bonds is 10. The van der Waals surface area contributed by atoms with E-state index < -0.39 is 10.8 Å². The molecule has 0 aliphatic carbocycles. The standard InChI is InChI=1S/C24H47IN2O2/c1-20(2,3)18(28)21(4,5)14-15-22(6,7)19(29)26(12)23(8,9)16-17-24(10,11)27(13)25/h14-17H2,1-13H3. The molecule has 0 bridgehead atoms. The summed E-state index contributed by atoms with van der Waals surface area (Å²) in [7, 11) is 4.02. The lowest BCUT2D eigenvalue weighted by atomic mass is 9.69. The zero-order valence-electron chi connectivity index (χ0n) is 21.4. The number of halogens is 1. The molecule has 0 N–H and O–H groups in total. The monoisotopic (exact) mass is 522 g/mol. The minimum atomic E-state index is -0.503. The molecule has 1 amide bonds. The molecule has 0 rings (SSSR count). The van der Waals surface area contributed by atoms with Gasteiger partial charge in [-0.1, -0.05) is 48.5 Å². The summed E-state index contributed by atoms with van der Waals surface area (Å²) in [5.41, 5.74) is -1.45. The Morgan fingerprint density at radius 3 is 1.41 bits per heavy atom. The number of hydrogen-bond acceptors (Lipinski definition) is 3. The third-order valence-electron chi connectivity index (χ3n) is 6.65. The van der Waals surface area contributed by atoms with Crippen LogP contribution in [0.1, 0.15) is 102 Å². The highest BCUT2D eigenvalue weighted by atomic mass is 127. The molecule has 172 valence electrons. The van der Waals surface area contributed by atoms with E-state index in [0.29, 0.717) is 12.8 Å². The average Bonchev–Trinajstić information content (AvgIpc) is 2.55. The largest absolute Gasteiger partial charge is 0.340 e. The first-order valence-electron chi connectivity index (χ1n) is 10.8. The predicted molar refractivity (Wildman–Crippen MR) is 133 cm³/mol. The summed E-state index contributed by atoms with van der Waals surface area (Å²) in [6.07, 6.45) is 3.34. The van der Waals surface area contributed by atoms with Crippen molar-refractivity contribution < 1.29 is 9.59 Å². The van der Waals surface area contributed by atoms with Gasteiger partial charge in [-0.2, -0.15) is 0 Å². The van der Waals surface area contributed by atoms with Crippen LogP contribution in [-0.4, -0.2) is 44.9 Å². The van der Waals surface area contributed by atoms with Crippen LogP contribution in [0.2, 0.25) is 0 Å². The summed E-state index contributed by atoms with van der Waals surface area (Å²) in [6, 6.07) is 0. The fourth-order valence-corrected chi connectivity index (χ4v) is 3.76. The second kappa shape index (κ2) is 9.54. The second-order valence-electron chi connectivity index (χ2n) is 12.3. The van der Waals surface area contributed by atoms with Crippen molar-refractivity contribution in [1.82, 2.24) is 8.01 Å². The fourth-order valence-electron chi connectivity index (χ4n) is 3.52. The highest BCUT2D eigenvalue weighted by Gasteiger charge is 2.41. The SMILES string of the molecule is CN(I)C(C)(C)CCC(C)(C)N(C)C(=O)C(C)(C)CCC(C)(C)C(=O)C(C)(C)C. The molecule has 0 atom stereocenters. The molecule has 0 radical (unpaired) electrons. The zero-order chi connectivity index (χ0) is 23.6. The maximum atomic E-state index is 13.4. The quantitative estimate of drug-likeness (QED) is 0.243. The van der Waals surface area contributed by atoms with Crippen molar-refractivity contribution in [2.75, 3.05) is 14.1 Å². The van der Waals surface area contributed by atoms with Crippen molar-refractivity contribution in [3.63, 3.8) is 0 Å². The van der Waals surface area contributed by atoms with Gasteiger partial charge < -0.3 is 4.90 Å². The van der Waals surface area contributed by atoms with Crippen molar-refractivity contribution >= 4 is 34.6 Å². The molecular weight excluding hydrogens is 475 g/mol. The third-order valence-corrected chi connectivity index (χ3v) is 7.95. The Morgan fingerprint density at radius 2 is 1.03 bits per heavy atom. The number of Topliss-reactive ketones (excluding diaryl/α,β-unsaturated/α-hetero) is 1. The fraction of sp³-hybridized carbons (Fsp3) is 0.917. The van der Waals surface area contributed by atoms with Crippen LogP contribution in [0.3, 0.4) is 0 Å². The summed E-state index contributed by atoms with van der Waals surface area (Å²) in [4.78, 5) is 28.1. The van der Waals surface area contributed by atoms with Gasteiger partial charge in [0.1, 0.15) is 5.78 Å². The molecule has 0 saturated heterocycles. The summed E-state index contributed by atoms with van der Waals surface area (Å²) >= 11 is 2.33. The van der Waals surface area contributed by atoms with Gasteiger partial charge in [-0.25, -0.2) is 3.11 Å². The number of carbonyl (C=O) groups excluding carboxylic acids is 2. The molecule has 0 heterocycles. The van der Waals surface area contributed by atoms with Gasteiger partial charge in [-0.15, -0.1) is 0 Å². The van der Waals surface area contributed by atoms with Crippen molar-refractivity contribution in [2.24, 2.45) is 16.2 Å². The van der Waals surface area contributed by atoms with Gasteiger partial charge in [-0.05, 0) is 60.4 Å². The average molecular weight is 523 g/mol. The highest BCUT2D eigenvalue weighted by Crippen LogP contribution is 2.38. The Bertz CT molecular complexity index is 584. The summed E-state index contributed by atoms with van der Waals surface area (Å²) < 4.78 is 2.21. The van der Waals surface area contributed by atoms with Gasteiger partial charge in [-0.3, -0.25) is 9.59 Å². The highest BCUT2D eigenvalue weighted by molar-refractivity contribution is 14.1. The lowest BCUT2D eigenvalue weighted by Gasteiger charge is -2.43. The normalized spacial score (nSPS) is 14.3. The number of carbonyl (C=O) groups is 2. The van der Waals surface area contributed by atoms with Crippen LogP contribution in [0.25, 0.3) is 0 Å². The lowest BCUT2D eigenvalue weighted by Crippen LogP contribution is -2.51. The van der Waals surface area contributed by atoms with Crippen molar-refractivity contribution in [2.45, 2.75) is 113 Å².